The summed E-state index contributed by atoms with van der Waals surface area (Å²) in [6.07, 6.45) is 4.71. The highest BCUT2D eigenvalue weighted by atomic mass is 16.2. The van der Waals surface area contributed by atoms with Crippen LogP contribution < -0.4 is 21.9 Å². The molecule has 2 fully saturated rings. The number of H-pyrrole nitrogens is 1. The third kappa shape index (κ3) is 4.28. The fraction of sp³-hybridized carbons (Fsp3) is 0.667. The number of carbonyl (C=O) groups is 3. The molecule has 10 nitrogen and oxygen atoms in total. The molecule has 3 N–H and O–H groups in total. The number of anilines is 2. The van der Waals surface area contributed by atoms with Crippen LogP contribution in [0.3, 0.4) is 0 Å². The van der Waals surface area contributed by atoms with Gasteiger partial charge in [-0.05, 0) is 26.2 Å². The standard InChI is InChI=1S/C21H31N5O5/c1-3-5-11-25-17(22)16(18(28)23-21(25)31)24(4-2)15(27)10-12-26-19(29)13-8-6-7-9-14(13)20(26)30/h13-14H,3-12,22H2,1-2H3,(H,23,28,31)/t13-,14+. The van der Waals surface area contributed by atoms with Gasteiger partial charge in [0.15, 0.2) is 5.69 Å². The molecule has 3 amide bonds. The quantitative estimate of drug-likeness (QED) is 0.583. The molecule has 0 radical (unpaired) electrons. The molecule has 1 aromatic heterocycles. The van der Waals surface area contributed by atoms with Crippen LogP contribution in [0.5, 0.6) is 0 Å². The zero-order valence-electron chi connectivity index (χ0n) is 18.2. The Balaban J connectivity index is 1.78. The number of nitrogens with two attached hydrogens (primary N) is 1. The highest BCUT2D eigenvalue weighted by molar-refractivity contribution is 6.05. The van der Waals surface area contributed by atoms with E-state index in [1.807, 2.05) is 6.92 Å². The normalized spacial score (nSPS) is 20.8. The van der Waals surface area contributed by atoms with E-state index in [1.165, 1.54) is 14.4 Å². The first-order valence-electron chi connectivity index (χ1n) is 11.1. The molecular formula is C21H31N5O5. The third-order valence-corrected chi connectivity index (χ3v) is 6.32. The van der Waals surface area contributed by atoms with Gasteiger partial charge in [-0.25, -0.2) is 4.79 Å². The molecule has 31 heavy (non-hydrogen) atoms. The first-order chi connectivity index (χ1) is 14.8. The summed E-state index contributed by atoms with van der Waals surface area (Å²) in [4.78, 5) is 67.5. The lowest BCUT2D eigenvalue weighted by molar-refractivity contribution is -0.140. The maximum Gasteiger partial charge on any atom is 0.330 e. The number of carbonyl (C=O) groups excluding carboxylic acids is 3. The Labute approximate surface area is 180 Å². The van der Waals surface area contributed by atoms with E-state index in [9.17, 15) is 24.0 Å². The molecule has 0 spiro atoms. The molecule has 1 saturated heterocycles. The average Bonchev–Trinajstić information content (AvgIpc) is 2.99. The summed E-state index contributed by atoms with van der Waals surface area (Å²) in [5.41, 5.74) is 4.70. The molecule has 3 rings (SSSR count). The summed E-state index contributed by atoms with van der Waals surface area (Å²) < 4.78 is 1.26. The first kappa shape index (κ1) is 22.8. The number of nitrogens with zero attached hydrogens (tertiary/aromatic N) is 3. The number of likely N-dealkylation sites (tertiary alicyclic amines) is 1. The van der Waals surface area contributed by atoms with Crippen LogP contribution in [0.25, 0.3) is 0 Å². The number of hydrogen-bond acceptors (Lipinski definition) is 6. The molecule has 1 saturated carbocycles. The van der Waals surface area contributed by atoms with Gasteiger partial charge < -0.3 is 10.6 Å². The van der Waals surface area contributed by atoms with Gasteiger partial charge >= 0.3 is 5.69 Å². The van der Waals surface area contributed by atoms with E-state index in [0.717, 1.165) is 19.3 Å². The van der Waals surface area contributed by atoms with Crippen molar-refractivity contribution in [1.29, 1.82) is 0 Å². The Bertz CT molecular complexity index is 957. The molecule has 2 atom stereocenters. The number of rotatable bonds is 8. The second kappa shape index (κ2) is 9.49. The summed E-state index contributed by atoms with van der Waals surface area (Å²) in [5, 5.41) is 0. The van der Waals surface area contributed by atoms with E-state index < -0.39 is 17.2 Å². The van der Waals surface area contributed by atoms with Crippen LogP contribution in [-0.4, -0.2) is 45.3 Å². The Kier molecular flexibility index (Phi) is 6.97. The number of imide groups is 1. The van der Waals surface area contributed by atoms with E-state index in [2.05, 4.69) is 4.98 Å². The van der Waals surface area contributed by atoms with Crippen LogP contribution in [-0.2, 0) is 20.9 Å². The van der Waals surface area contributed by atoms with Gasteiger partial charge in [0.05, 0.1) is 11.8 Å². The second-order valence-corrected chi connectivity index (χ2v) is 8.21. The molecule has 1 aliphatic heterocycles. The van der Waals surface area contributed by atoms with Gasteiger partial charge in [-0.3, -0.25) is 33.6 Å². The van der Waals surface area contributed by atoms with Crippen molar-refractivity contribution >= 4 is 29.2 Å². The van der Waals surface area contributed by atoms with Crippen LogP contribution in [0.4, 0.5) is 11.5 Å². The molecule has 0 aromatic carbocycles. The second-order valence-electron chi connectivity index (χ2n) is 8.21. The van der Waals surface area contributed by atoms with Gasteiger partial charge in [-0.1, -0.05) is 26.2 Å². The predicted octanol–water partition coefficient (Wildman–Crippen LogP) is 0.837. The van der Waals surface area contributed by atoms with Crippen molar-refractivity contribution in [2.45, 2.75) is 65.3 Å². The Morgan fingerprint density at radius 1 is 1.06 bits per heavy atom. The van der Waals surface area contributed by atoms with Crippen molar-refractivity contribution in [2.24, 2.45) is 11.8 Å². The number of nitrogen functional groups attached to an aromatic ring is 1. The number of fused-ring (bicyclic) bond motifs is 1. The monoisotopic (exact) mass is 433 g/mol. The van der Waals surface area contributed by atoms with Gasteiger partial charge in [0, 0.05) is 26.1 Å². The number of nitrogens with one attached hydrogen (secondary N) is 1. The zero-order valence-corrected chi connectivity index (χ0v) is 18.2. The number of aromatic nitrogens is 2. The lowest BCUT2D eigenvalue weighted by Crippen LogP contribution is -2.42. The van der Waals surface area contributed by atoms with Crippen LogP contribution in [0, 0.1) is 11.8 Å². The van der Waals surface area contributed by atoms with Gasteiger partial charge in [0.2, 0.25) is 17.7 Å². The van der Waals surface area contributed by atoms with E-state index in [4.69, 9.17) is 5.73 Å². The Morgan fingerprint density at radius 3 is 2.23 bits per heavy atom. The molecule has 2 aliphatic rings. The highest BCUT2D eigenvalue weighted by Crippen LogP contribution is 2.38. The van der Waals surface area contributed by atoms with E-state index in [-0.39, 0.29) is 54.7 Å². The lowest BCUT2D eigenvalue weighted by Gasteiger charge is -2.24. The Morgan fingerprint density at radius 2 is 1.68 bits per heavy atom. The molecule has 1 aliphatic carbocycles. The molecule has 2 heterocycles. The lowest BCUT2D eigenvalue weighted by atomic mass is 9.81. The zero-order chi connectivity index (χ0) is 22.7. The molecule has 0 unspecified atom stereocenters. The SMILES string of the molecule is CCCCn1c(N)c(N(CC)C(=O)CCN2C(=O)[C@H]3CCCC[C@H]3C2=O)c(=O)[nH]c1=O. The minimum Gasteiger partial charge on any atom is -0.383 e. The summed E-state index contributed by atoms with van der Waals surface area (Å²) in [7, 11) is 0. The van der Waals surface area contributed by atoms with Crippen molar-refractivity contribution in [3.8, 4) is 0 Å². The topological polar surface area (TPSA) is 139 Å². The van der Waals surface area contributed by atoms with Crippen molar-refractivity contribution < 1.29 is 14.4 Å². The van der Waals surface area contributed by atoms with Crippen LogP contribution >= 0.6 is 0 Å². The van der Waals surface area contributed by atoms with Crippen molar-refractivity contribution in [3.63, 3.8) is 0 Å². The highest BCUT2D eigenvalue weighted by Gasteiger charge is 2.47. The van der Waals surface area contributed by atoms with E-state index in [0.29, 0.717) is 25.8 Å². The smallest absolute Gasteiger partial charge is 0.330 e. The minimum atomic E-state index is -0.732. The molecule has 1 aromatic rings. The average molecular weight is 434 g/mol. The van der Waals surface area contributed by atoms with Gasteiger partial charge in [-0.2, -0.15) is 0 Å². The number of hydrogen-bond donors (Lipinski definition) is 2. The fourth-order valence-corrected chi connectivity index (χ4v) is 4.63. The predicted molar refractivity (Wildman–Crippen MR) is 115 cm³/mol. The van der Waals surface area contributed by atoms with Crippen LogP contribution in [0.1, 0.15) is 58.8 Å². The number of amides is 3. The van der Waals surface area contributed by atoms with Crippen molar-refractivity contribution in [2.75, 3.05) is 23.7 Å². The van der Waals surface area contributed by atoms with Crippen molar-refractivity contribution in [1.82, 2.24) is 14.5 Å². The fourth-order valence-electron chi connectivity index (χ4n) is 4.63. The van der Waals surface area contributed by atoms with Crippen LogP contribution in [0.15, 0.2) is 9.59 Å². The van der Waals surface area contributed by atoms with E-state index in [1.54, 1.807) is 6.92 Å². The van der Waals surface area contributed by atoms with Gasteiger partial charge in [0.1, 0.15) is 5.82 Å². The summed E-state index contributed by atoms with van der Waals surface area (Å²) in [5.74, 6) is -1.42. The largest absolute Gasteiger partial charge is 0.383 e. The molecular weight excluding hydrogens is 402 g/mol. The number of unbranched alkanes of at least 4 members (excludes halogenated alkanes) is 1. The molecule has 170 valence electrons. The summed E-state index contributed by atoms with van der Waals surface area (Å²) in [6.45, 7) is 4.13. The molecule has 0 bridgehead atoms. The van der Waals surface area contributed by atoms with Crippen LogP contribution in [0.2, 0.25) is 0 Å². The van der Waals surface area contributed by atoms with E-state index >= 15 is 0 Å². The number of aromatic amines is 1. The summed E-state index contributed by atoms with van der Waals surface area (Å²) in [6, 6.07) is 0. The third-order valence-electron chi connectivity index (χ3n) is 6.32. The minimum absolute atomic E-state index is 0.0206. The first-order valence-corrected chi connectivity index (χ1v) is 11.1. The van der Waals surface area contributed by atoms with Gasteiger partial charge in [0.25, 0.3) is 5.56 Å². The van der Waals surface area contributed by atoms with Gasteiger partial charge in [-0.15, -0.1) is 0 Å². The summed E-state index contributed by atoms with van der Waals surface area (Å²) >= 11 is 0. The Hall–Kier alpha value is -2.91. The maximum atomic E-state index is 13.0. The molecule has 10 heteroatoms. The maximum absolute atomic E-state index is 13.0. The van der Waals surface area contributed by atoms with Crippen molar-refractivity contribution in [3.05, 3.63) is 20.8 Å².